The molecule has 3 N–H and O–H groups in total. The molecular formula is C27H27F2N7O3. The zero-order valence-corrected chi connectivity index (χ0v) is 21.6. The summed E-state index contributed by atoms with van der Waals surface area (Å²) in [6.45, 7) is 5.95. The second kappa shape index (κ2) is 10.4. The van der Waals surface area contributed by atoms with Crippen molar-refractivity contribution in [3.63, 3.8) is 0 Å². The van der Waals surface area contributed by atoms with Crippen LogP contribution in [0.2, 0.25) is 0 Å². The van der Waals surface area contributed by atoms with Crippen molar-refractivity contribution < 1.29 is 23.1 Å². The summed E-state index contributed by atoms with van der Waals surface area (Å²) >= 11 is 0. The Kier molecular flexibility index (Phi) is 6.96. The van der Waals surface area contributed by atoms with Gasteiger partial charge in [-0.25, -0.2) is 34.0 Å². The average molecular weight is 536 g/mol. The van der Waals surface area contributed by atoms with Gasteiger partial charge >= 0.3 is 6.09 Å². The molecule has 2 aliphatic heterocycles. The predicted octanol–water partition coefficient (Wildman–Crippen LogP) is 3.78. The van der Waals surface area contributed by atoms with Crippen LogP contribution in [0.25, 0.3) is 11.1 Å². The zero-order chi connectivity index (χ0) is 27.7. The van der Waals surface area contributed by atoms with Gasteiger partial charge in [0.15, 0.2) is 0 Å². The fourth-order valence-corrected chi connectivity index (χ4v) is 4.40. The highest BCUT2D eigenvalue weighted by Gasteiger charge is 2.28. The molecule has 2 aromatic carbocycles. The third-order valence-electron chi connectivity index (χ3n) is 6.04. The standard InChI is InChI=1S/C27H27F2N7O3/c1-27(2,3)39-26(38)34-22(8-15-6-18(28)10-19(29)7-15)23-21(12-32-25(35-23)36-14-30-13-33-36)16-4-5-17-11-31-24(37)20(17)9-16/h4-7,9-10,12,14,22,33H,8,11,13H2,1-3H3,(H,31,37)(H,34,38)/t22-/m0/s1. The first-order valence-corrected chi connectivity index (χ1v) is 12.3. The second-order valence-corrected chi connectivity index (χ2v) is 10.2. The van der Waals surface area contributed by atoms with Crippen LogP contribution in [-0.4, -0.2) is 40.6 Å². The highest BCUT2D eigenvalue weighted by molar-refractivity contribution is 5.99. The number of carbonyl (C=O) groups excluding carboxylic acids is 2. The molecule has 0 aliphatic carbocycles. The SMILES string of the molecule is CC(C)(C)OC(=O)N[C@@H](Cc1cc(F)cc(F)c1)c1nc(N2C=NCN2)ncc1-c1ccc2c(c1)C(=O)NC2. The number of halogens is 2. The van der Waals surface area contributed by atoms with Crippen LogP contribution < -0.4 is 21.1 Å². The lowest BCUT2D eigenvalue weighted by Crippen LogP contribution is -2.37. The Bertz CT molecular complexity index is 1450. The molecule has 1 atom stereocenters. The Morgan fingerprint density at radius 1 is 1.15 bits per heavy atom. The molecule has 0 saturated heterocycles. The minimum Gasteiger partial charge on any atom is -0.444 e. The van der Waals surface area contributed by atoms with E-state index in [1.807, 2.05) is 12.1 Å². The van der Waals surface area contributed by atoms with E-state index in [0.29, 0.717) is 41.2 Å². The van der Waals surface area contributed by atoms with E-state index in [9.17, 15) is 18.4 Å². The number of fused-ring (bicyclic) bond motifs is 1. The highest BCUT2D eigenvalue weighted by atomic mass is 19.1. The van der Waals surface area contributed by atoms with Crippen molar-refractivity contribution in [3.8, 4) is 11.1 Å². The molecule has 0 saturated carbocycles. The number of carbonyl (C=O) groups is 2. The first kappa shape index (κ1) is 26.2. The Morgan fingerprint density at radius 2 is 1.92 bits per heavy atom. The van der Waals surface area contributed by atoms with Crippen LogP contribution in [0.5, 0.6) is 0 Å². The molecule has 0 unspecified atom stereocenters. The lowest BCUT2D eigenvalue weighted by Gasteiger charge is -2.25. The molecule has 202 valence electrons. The summed E-state index contributed by atoms with van der Waals surface area (Å²) < 4.78 is 33.7. The van der Waals surface area contributed by atoms with Gasteiger partial charge in [0.25, 0.3) is 5.91 Å². The van der Waals surface area contributed by atoms with Crippen LogP contribution in [0.4, 0.5) is 19.5 Å². The summed E-state index contributed by atoms with van der Waals surface area (Å²) in [4.78, 5) is 38.6. The maximum Gasteiger partial charge on any atom is 0.408 e. The van der Waals surface area contributed by atoms with E-state index in [2.05, 4.69) is 26.0 Å². The molecule has 0 bridgehead atoms. The van der Waals surface area contributed by atoms with Gasteiger partial charge in [0.05, 0.1) is 11.7 Å². The fourth-order valence-electron chi connectivity index (χ4n) is 4.40. The van der Waals surface area contributed by atoms with E-state index in [1.165, 1.54) is 23.5 Å². The van der Waals surface area contributed by atoms with Crippen LogP contribution in [0, 0.1) is 11.6 Å². The summed E-state index contributed by atoms with van der Waals surface area (Å²) in [7, 11) is 0. The van der Waals surface area contributed by atoms with Gasteiger partial charge < -0.3 is 15.4 Å². The smallest absolute Gasteiger partial charge is 0.408 e. The van der Waals surface area contributed by atoms with Crippen LogP contribution in [-0.2, 0) is 17.7 Å². The first-order valence-electron chi connectivity index (χ1n) is 12.3. The third kappa shape index (κ3) is 6.01. The van der Waals surface area contributed by atoms with E-state index >= 15 is 0 Å². The minimum absolute atomic E-state index is 0.00960. The van der Waals surface area contributed by atoms with Crippen molar-refractivity contribution in [2.75, 3.05) is 11.7 Å². The summed E-state index contributed by atoms with van der Waals surface area (Å²) in [5, 5.41) is 7.14. The van der Waals surface area contributed by atoms with Gasteiger partial charge in [-0.3, -0.25) is 9.79 Å². The van der Waals surface area contributed by atoms with Crippen LogP contribution in [0.15, 0.2) is 47.6 Å². The van der Waals surface area contributed by atoms with E-state index in [0.717, 1.165) is 11.6 Å². The topological polar surface area (TPSA) is 121 Å². The molecular weight excluding hydrogens is 508 g/mol. The number of amides is 2. The number of benzene rings is 2. The van der Waals surface area contributed by atoms with Crippen molar-refractivity contribution in [2.24, 2.45) is 4.99 Å². The fraction of sp³-hybridized carbons (Fsp3) is 0.296. The van der Waals surface area contributed by atoms with E-state index in [1.54, 1.807) is 33.0 Å². The summed E-state index contributed by atoms with van der Waals surface area (Å²) in [6.07, 6.45) is 2.36. The summed E-state index contributed by atoms with van der Waals surface area (Å²) in [6, 6.07) is 7.70. The van der Waals surface area contributed by atoms with Gasteiger partial charge in [-0.2, -0.15) is 0 Å². The van der Waals surface area contributed by atoms with E-state index in [4.69, 9.17) is 9.72 Å². The normalized spacial score (nSPS) is 15.2. The van der Waals surface area contributed by atoms with Crippen molar-refractivity contribution in [1.82, 2.24) is 26.0 Å². The Balaban J connectivity index is 1.62. The number of anilines is 1. The van der Waals surface area contributed by atoms with E-state index < -0.39 is 29.4 Å². The molecule has 5 rings (SSSR count). The third-order valence-corrected chi connectivity index (χ3v) is 6.04. The number of aliphatic imine (C=N–C) groups is 1. The van der Waals surface area contributed by atoms with Gasteiger partial charge in [0.1, 0.15) is 30.2 Å². The largest absolute Gasteiger partial charge is 0.444 e. The molecule has 0 spiro atoms. The van der Waals surface area contributed by atoms with Crippen molar-refractivity contribution in [2.45, 2.75) is 45.4 Å². The number of rotatable bonds is 6. The lowest BCUT2D eigenvalue weighted by atomic mass is 9.94. The monoisotopic (exact) mass is 535 g/mol. The molecule has 3 heterocycles. The van der Waals surface area contributed by atoms with Crippen LogP contribution in [0.3, 0.4) is 0 Å². The average Bonchev–Trinajstić information content (AvgIpc) is 3.52. The number of ether oxygens (including phenoxy) is 1. The minimum atomic E-state index is -0.889. The zero-order valence-electron chi connectivity index (χ0n) is 21.6. The van der Waals surface area contributed by atoms with E-state index in [-0.39, 0.29) is 18.3 Å². The number of alkyl carbamates (subject to hydrolysis) is 1. The predicted molar refractivity (Wildman–Crippen MR) is 140 cm³/mol. The van der Waals surface area contributed by atoms with Gasteiger partial charge in [-0.15, -0.1) is 0 Å². The van der Waals surface area contributed by atoms with Gasteiger partial charge in [-0.05, 0) is 62.1 Å². The number of nitrogens with one attached hydrogen (secondary N) is 3. The van der Waals surface area contributed by atoms with Crippen molar-refractivity contribution in [1.29, 1.82) is 0 Å². The molecule has 39 heavy (non-hydrogen) atoms. The molecule has 1 aromatic heterocycles. The Labute approximate surface area is 223 Å². The number of nitrogens with zero attached hydrogens (tertiary/aromatic N) is 4. The van der Waals surface area contributed by atoms with Crippen LogP contribution in [0.1, 0.15) is 54.0 Å². The Morgan fingerprint density at radius 3 is 2.62 bits per heavy atom. The van der Waals surface area contributed by atoms with Crippen molar-refractivity contribution in [3.05, 3.63) is 76.6 Å². The lowest BCUT2D eigenvalue weighted by molar-refractivity contribution is 0.0502. The maximum absolute atomic E-state index is 14.1. The molecule has 0 radical (unpaired) electrons. The molecule has 0 fully saturated rings. The molecule has 2 amide bonds. The van der Waals surface area contributed by atoms with Gasteiger partial charge in [0.2, 0.25) is 5.95 Å². The molecule has 12 heteroatoms. The van der Waals surface area contributed by atoms with Crippen molar-refractivity contribution >= 4 is 24.3 Å². The molecule has 10 nitrogen and oxygen atoms in total. The highest BCUT2D eigenvalue weighted by Crippen LogP contribution is 2.32. The molecule has 2 aliphatic rings. The number of hydrogen-bond acceptors (Lipinski definition) is 8. The molecule has 3 aromatic rings. The first-order chi connectivity index (χ1) is 18.6. The number of hydrazine groups is 1. The number of aromatic nitrogens is 2. The summed E-state index contributed by atoms with van der Waals surface area (Å²) in [5.74, 6) is -1.43. The van der Waals surface area contributed by atoms with Crippen LogP contribution >= 0.6 is 0 Å². The van der Waals surface area contributed by atoms with Gasteiger partial charge in [-0.1, -0.05) is 12.1 Å². The summed E-state index contributed by atoms with van der Waals surface area (Å²) in [5.41, 5.74) is 5.41. The Hall–Kier alpha value is -4.45. The number of hydrogen-bond donors (Lipinski definition) is 3. The second-order valence-electron chi connectivity index (χ2n) is 10.2. The van der Waals surface area contributed by atoms with Gasteiger partial charge in [0, 0.05) is 29.9 Å². The maximum atomic E-state index is 14.1. The quantitative estimate of drug-likeness (QED) is 0.439.